The quantitative estimate of drug-likeness (QED) is 0.648. The van der Waals surface area contributed by atoms with Gasteiger partial charge in [-0.3, -0.25) is 0 Å². The molecule has 0 aliphatic heterocycles. The first kappa shape index (κ1) is 11.2. The van der Waals surface area contributed by atoms with Crippen LogP contribution in [-0.2, 0) is 0 Å². The highest BCUT2D eigenvalue weighted by Crippen LogP contribution is 2.15. The molecule has 1 aromatic rings. The van der Waals surface area contributed by atoms with Gasteiger partial charge in [0.1, 0.15) is 0 Å². The van der Waals surface area contributed by atoms with E-state index in [1.807, 2.05) is 37.3 Å². The van der Waals surface area contributed by atoms with E-state index in [4.69, 9.17) is 5.11 Å². The minimum absolute atomic E-state index is 0.0513. The summed E-state index contributed by atoms with van der Waals surface area (Å²) in [5.74, 6) is 0. The van der Waals surface area contributed by atoms with Gasteiger partial charge >= 0.3 is 0 Å². The van der Waals surface area contributed by atoms with Crippen LogP contribution in [-0.4, -0.2) is 29.4 Å². The first-order valence-corrected chi connectivity index (χ1v) is 4.83. The van der Waals surface area contributed by atoms with Gasteiger partial charge in [-0.25, -0.2) is 0 Å². The molecule has 0 saturated carbocycles. The number of hydrogen-bond donors (Lipinski definition) is 3. The second kappa shape index (κ2) is 5.75. The van der Waals surface area contributed by atoms with E-state index < -0.39 is 6.10 Å². The standard InChI is InChI=1S/C11H17NO2/c1-9(12-7-8-13)11(14)10-5-3-2-4-6-10/h2-6,9,11-14H,7-8H2,1H3/t9-,11+/m0/s1. The van der Waals surface area contributed by atoms with Gasteiger partial charge < -0.3 is 15.5 Å². The number of aliphatic hydroxyl groups excluding tert-OH is 2. The lowest BCUT2D eigenvalue weighted by Crippen LogP contribution is -2.34. The minimum Gasteiger partial charge on any atom is -0.395 e. The molecule has 0 aliphatic rings. The van der Waals surface area contributed by atoms with Crippen molar-refractivity contribution in [1.29, 1.82) is 0 Å². The number of nitrogens with one attached hydrogen (secondary N) is 1. The van der Waals surface area contributed by atoms with Crippen molar-refractivity contribution in [3.8, 4) is 0 Å². The van der Waals surface area contributed by atoms with Crippen molar-refractivity contribution in [1.82, 2.24) is 5.32 Å². The van der Waals surface area contributed by atoms with Crippen LogP contribution < -0.4 is 5.32 Å². The van der Waals surface area contributed by atoms with Gasteiger partial charge in [-0.2, -0.15) is 0 Å². The molecule has 3 nitrogen and oxygen atoms in total. The molecule has 0 saturated heterocycles. The van der Waals surface area contributed by atoms with Crippen LogP contribution in [0.2, 0.25) is 0 Å². The second-order valence-electron chi connectivity index (χ2n) is 3.32. The Morgan fingerprint density at radius 1 is 1.29 bits per heavy atom. The summed E-state index contributed by atoms with van der Waals surface area (Å²) in [6.07, 6.45) is -0.525. The Morgan fingerprint density at radius 3 is 2.50 bits per heavy atom. The van der Waals surface area contributed by atoms with Gasteiger partial charge in [-0.05, 0) is 12.5 Å². The SMILES string of the molecule is C[C@H](NCCO)[C@@H](O)c1ccccc1. The van der Waals surface area contributed by atoms with E-state index in [2.05, 4.69) is 5.32 Å². The van der Waals surface area contributed by atoms with Gasteiger partial charge in [0, 0.05) is 12.6 Å². The summed E-state index contributed by atoms with van der Waals surface area (Å²) in [6.45, 7) is 2.49. The Labute approximate surface area is 84.4 Å². The fraction of sp³-hybridized carbons (Fsp3) is 0.455. The normalized spacial score (nSPS) is 15.1. The average molecular weight is 195 g/mol. The smallest absolute Gasteiger partial charge is 0.0940 e. The van der Waals surface area contributed by atoms with Gasteiger partial charge in [-0.15, -0.1) is 0 Å². The van der Waals surface area contributed by atoms with E-state index in [0.29, 0.717) is 6.54 Å². The van der Waals surface area contributed by atoms with E-state index in [1.165, 1.54) is 0 Å². The summed E-state index contributed by atoms with van der Waals surface area (Å²) < 4.78 is 0. The zero-order valence-corrected chi connectivity index (χ0v) is 8.35. The number of benzene rings is 1. The van der Waals surface area contributed by atoms with Crippen molar-refractivity contribution in [2.24, 2.45) is 0 Å². The van der Waals surface area contributed by atoms with Crippen LogP contribution in [0.1, 0.15) is 18.6 Å². The molecule has 1 rings (SSSR count). The Bertz CT molecular complexity index is 251. The maximum absolute atomic E-state index is 9.87. The molecule has 78 valence electrons. The molecule has 0 amide bonds. The Balaban J connectivity index is 2.52. The van der Waals surface area contributed by atoms with Crippen LogP contribution in [0.3, 0.4) is 0 Å². The molecule has 0 radical (unpaired) electrons. The maximum atomic E-state index is 9.87. The molecule has 0 aliphatic carbocycles. The number of hydrogen-bond acceptors (Lipinski definition) is 3. The third-order valence-electron chi connectivity index (χ3n) is 2.19. The lowest BCUT2D eigenvalue weighted by molar-refractivity contribution is 0.132. The third-order valence-corrected chi connectivity index (χ3v) is 2.19. The fourth-order valence-corrected chi connectivity index (χ4v) is 1.34. The van der Waals surface area contributed by atoms with Gasteiger partial charge in [0.05, 0.1) is 12.7 Å². The molecule has 0 fully saturated rings. The van der Waals surface area contributed by atoms with Crippen molar-refractivity contribution in [3.05, 3.63) is 35.9 Å². The van der Waals surface area contributed by atoms with Gasteiger partial charge in [0.15, 0.2) is 0 Å². The van der Waals surface area contributed by atoms with E-state index in [0.717, 1.165) is 5.56 Å². The van der Waals surface area contributed by atoms with E-state index in [1.54, 1.807) is 0 Å². The van der Waals surface area contributed by atoms with Gasteiger partial charge in [-0.1, -0.05) is 30.3 Å². The van der Waals surface area contributed by atoms with Crippen LogP contribution in [0, 0.1) is 0 Å². The lowest BCUT2D eigenvalue weighted by atomic mass is 10.0. The van der Waals surface area contributed by atoms with E-state index in [-0.39, 0.29) is 12.6 Å². The highest BCUT2D eigenvalue weighted by molar-refractivity contribution is 5.18. The average Bonchev–Trinajstić information content (AvgIpc) is 2.26. The van der Waals surface area contributed by atoms with E-state index >= 15 is 0 Å². The van der Waals surface area contributed by atoms with Crippen LogP contribution in [0.25, 0.3) is 0 Å². The zero-order chi connectivity index (χ0) is 10.4. The first-order valence-electron chi connectivity index (χ1n) is 4.83. The Kier molecular flexibility index (Phi) is 4.59. The predicted molar refractivity (Wildman–Crippen MR) is 56.0 cm³/mol. The zero-order valence-electron chi connectivity index (χ0n) is 8.35. The number of rotatable bonds is 5. The summed E-state index contributed by atoms with van der Waals surface area (Å²) in [5, 5.41) is 21.5. The van der Waals surface area contributed by atoms with Crippen LogP contribution in [0.5, 0.6) is 0 Å². The van der Waals surface area contributed by atoms with E-state index in [9.17, 15) is 5.11 Å². The molecule has 3 N–H and O–H groups in total. The highest BCUT2D eigenvalue weighted by Gasteiger charge is 2.14. The van der Waals surface area contributed by atoms with Crippen LogP contribution in [0.15, 0.2) is 30.3 Å². The summed E-state index contributed by atoms with van der Waals surface area (Å²) in [4.78, 5) is 0. The van der Waals surface area contributed by atoms with Crippen molar-refractivity contribution in [3.63, 3.8) is 0 Å². The second-order valence-corrected chi connectivity index (χ2v) is 3.32. The maximum Gasteiger partial charge on any atom is 0.0940 e. The van der Waals surface area contributed by atoms with Crippen LogP contribution in [0.4, 0.5) is 0 Å². The molecular weight excluding hydrogens is 178 g/mol. The highest BCUT2D eigenvalue weighted by atomic mass is 16.3. The largest absolute Gasteiger partial charge is 0.395 e. The number of aliphatic hydroxyl groups is 2. The minimum atomic E-state index is -0.525. The molecule has 0 spiro atoms. The van der Waals surface area contributed by atoms with Crippen molar-refractivity contribution in [2.75, 3.05) is 13.2 Å². The molecule has 0 unspecified atom stereocenters. The van der Waals surface area contributed by atoms with Crippen LogP contribution >= 0.6 is 0 Å². The molecule has 3 heteroatoms. The van der Waals surface area contributed by atoms with Crippen molar-refractivity contribution >= 4 is 0 Å². The molecule has 0 bridgehead atoms. The van der Waals surface area contributed by atoms with Crippen molar-refractivity contribution < 1.29 is 10.2 Å². The van der Waals surface area contributed by atoms with Gasteiger partial charge in [0.25, 0.3) is 0 Å². The third kappa shape index (κ3) is 3.10. The molecule has 2 atom stereocenters. The summed E-state index contributed by atoms with van der Waals surface area (Å²) >= 11 is 0. The predicted octanol–water partition coefficient (Wildman–Crippen LogP) is 0.690. The van der Waals surface area contributed by atoms with Gasteiger partial charge in [0.2, 0.25) is 0 Å². The molecule has 0 heterocycles. The summed E-state index contributed by atoms with van der Waals surface area (Å²) in [6, 6.07) is 9.45. The van der Waals surface area contributed by atoms with Crippen molar-refractivity contribution in [2.45, 2.75) is 19.1 Å². The molecule has 1 aromatic carbocycles. The Morgan fingerprint density at radius 2 is 1.93 bits per heavy atom. The lowest BCUT2D eigenvalue weighted by Gasteiger charge is -2.20. The Hall–Kier alpha value is -0.900. The monoisotopic (exact) mass is 195 g/mol. The fourth-order valence-electron chi connectivity index (χ4n) is 1.34. The molecule has 14 heavy (non-hydrogen) atoms. The first-order chi connectivity index (χ1) is 6.75. The molecular formula is C11H17NO2. The topological polar surface area (TPSA) is 52.5 Å². The summed E-state index contributed by atoms with van der Waals surface area (Å²) in [5.41, 5.74) is 0.894. The molecule has 0 aromatic heterocycles. The summed E-state index contributed by atoms with van der Waals surface area (Å²) in [7, 11) is 0.